The summed E-state index contributed by atoms with van der Waals surface area (Å²) in [5, 5.41) is 9.70. The maximum atomic E-state index is 12.1. The van der Waals surface area contributed by atoms with Gasteiger partial charge in [0.15, 0.2) is 0 Å². The standard InChI is InChI=1S/C22H26N4O5S/c1-15-6-7-16-17(26(15)22(28)29)8-9-18-21(16)23-19(25(18)13-14-32(2,30)31)10-12-24-11-4-3-5-20(24)27/h3-5,8-9,11,15H,6-7,10,12-14H2,1-2H3,(H,28,29)/t15-/m0/s1. The zero-order chi connectivity index (χ0) is 23.0. The summed E-state index contributed by atoms with van der Waals surface area (Å²) >= 11 is 0. The van der Waals surface area contributed by atoms with E-state index < -0.39 is 15.9 Å². The van der Waals surface area contributed by atoms with Crippen LogP contribution < -0.4 is 10.5 Å². The van der Waals surface area contributed by atoms with Crippen LogP contribution in [0.4, 0.5) is 10.5 Å². The molecule has 1 N–H and O–H groups in total. The molecule has 1 atom stereocenters. The van der Waals surface area contributed by atoms with Crippen molar-refractivity contribution in [3.8, 4) is 0 Å². The first-order valence-electron chi connectivity index (χ1n) is 10.5. The van der Waals surface area contributed by atoms with Gasteiger partial charge in [-0.05, 0) is 38.0 Å². The number of fused-ring (bicyclic) bond motifs is 3. The van der Waals surface area contributed by atoms with Gasteiger partial charge >= 0.3 is 6.09 Å². The van der Waals surface area contributed by atoms with Gasteiger partial charge in [0, 0.05) is 49.6 Å². The summed E-state index contributed by atoms with van der Waals surface area (Å²) in [4.78, 5) is 30.1. The van der Waals surface area contributed by atoms with Gasteiger partial charge in [0.2, 0.25) is 0 Å². The first-order chi connectivity index (χ1) is 15.2. The fourth-order valence-corrected chi connectivity index (χ4v) is 4.85. The molecule has 1 aliphatic rings. The first-order valence-corrected chi connectivity index (χ1v) is 12.6. The predicted molar refractivity (Wildman–Crippen MR) is 122 cm³/mol. The SMILES string of the molecule is C[C@H]1CCc2c(ccc3c2nc(CCn2ccccc2=O)n3CCS(C)(=O)=O)N1C(=O)O. The number of rotatable bonds is 6. The molecule has 9 nitrogen and oxygen atoms in total. The number of hydrogen-bond donors (Lipinski definition) is 1. The van der Waals surface area contributed by atoms with Crippen LogP contribution in [0.2, 0.25) is 0 Å². The summed E-state index contributed by atoms with van der Waals surface area (Å²) in [6, 6.07) is 8.42. The lowest BCUT2D eigenvalue weighted by Gasteiger charge is -2.33. The van der Waals surface area contributed by atoms with E-state index in [4.69, 9.17) is 4.98 Å². The summed E-state index contributed by atoms with van der Waals surface area (Å²) in [7, 11) is -3.19. The monoisotopic (exact) mass is 458 g/mol. The van der Waals surface area contributed by atoms with Crippen LogP contribution in [0.1, 0.15) is 24.7 Å². The van der Waals surface area contributed by atoms with E-state index in [1.165, 1.54) is 17.2 Å². The molecule has 10 heteroatoms. The number of carboxylic acid groups (broad SMARTS) is 1. The highest BCUT2D eigenvalue weighted by molar-refractivity contribution is 7.90. The van der Waals surface area contributed by atoms with E-state index in [-0.39, 0.29) is 23.9 Å². The fraction of sp³-hybridized carbons (Fsp3) is 0.409. The molecule has 1 aliphatic heterocycles. The minimum Gasteiger partial charge on any atom is -0.465 e. The van der Waals surface area contributed by atoms with E-state index in [2.05, 4.69) is 0 Å². The maximum absolute atomic E-state index is 12.1. The molecule has 0 saturated heterocycles. The van der Waals surface area contributed by atoms with Crippen LogP contribution >= 0.6 is 0 Å². The van der Waals surface area contributed by atoms with Crippen LogP contribution in [0, 0.1) is 0 Å². The second-order valence-corrected chi connectivity index (χ2v) is 10.5. The fourth-order valence-electron chi connectivity index (χ4n) is 4.33. The summed E-state index contributed by atoms with van der Waals surface area (Å²) in [6.07, 6.45) is 3.72. The molecule has 0 aliphatic carbocycles. The number of imidazole rings is 1. The Balaban J connectivity index is 1.80. The lowest BCUT2D eigenvalue weighted by Crippen LogP contribution is -2.41. The van der Waals surface area contributed by atoms with Crippen molar-refractivity contribution in [1.82, 2.24) is 14.1 Å². The highest BCUT2D eigenvalue weighted by Crippen LogP contribution is 2.36. The topological polar surface area (TPSA) is 115 Å². The van der Waals surface area contributed by atoms with Gasteiger partial charge in [-0.15, -0.1) is 0 Å². The van der Waals surface area contributed by atoms with Crippen LogP contribution in [0.5, 0.6) is 0 Å². The van der Waals surface area contributed by atoms with Gasteiger partial charge in [0.25, 0.3) is 5.56 Å². The lowest BCUT2D eigenvalue weighted by atomic mass is 9.96. The Morgan fingerprint density at radius 1 is 1.22 bits per heavy atom. The molecule has 0 unspecified atom stereocenters. The van der Waals surface area contributed by atoms with Crippen LogP contribution in [0.3, 0.4) is 0 Å². The Morgan fingerprint density at radius 3 is 2.69 bits per heavy atom. The van der Waals surface area contributed by atoms with E-state index in [0.29, 0.717) is 42.8 Å². The first kappa shape index (κ1) is 22.1. The third kappa shape index (κ3) is 4.27. The predicted octanol–water partition coefficient (Wildman–Crippen LogP) is 2.30. The van der Waals surface area contributed by atoms with Crippen molar-refractivity contribution in [2.75, 3.05) is 16.9 Å². The summed E-state index contributed by atoms with van der Waals surface area (Å²) in [6.45, 7) is 2.53. The number of carbonyl (C=O) groups is 1. The minimum absolute atomic E-state index is 0.0356. The van der Waals surface area contributed by atoms with Gasteiger partial charge in [-0.25, -0.2) is 18.2 Å². The van der Waals surface area contributed by atoms with Crippen LogP contribution in [0.25, 0.3) is 11.0 Å². The molecule has 32 heavy (non-hydrogen) atoms. The van der Waals surface area contributed by atoms with E-state index in [1.54, 1.807) is 29.0 Å². The smallest absolute Gasteiger partial charge is 0.412 e. The van der Waals surface area contributed by atoms with Gasteiger partial charge in [-0.1, -0.05) is 6.07 Å². The Hall–Kier alpha value is -3.14. The van der Waals surface area contributed by atoms with Gasteiger partial charge in [0.05, 0.1) is 22.5 Å². The average Bonchev–Trinajstić information content (AvgIpc) is 3.08. The van der Waals surface area contributed by atoms with Crippen molar-refractivity contribution >= 4 is 32.7 Å². The van der Waals surface area contributed by atoms with Gasteiger partial charge in [0.1, 0.15) is 15.7 Å². The molecule has 1 amide bonds. The molecule has 3 heterocycles. The highest BCUT2D eigenvalue weighted by Gasteiger charge is 2.30. The Bertz CT molecular complexity index is 1340. The summed E-state index contributed by atoms with van der Waals surface area (Å²) in [5.41, 5.74) is 2.85. The van der Waals surface area contributed by atoms with E-state index in [1.807, 2.05) is 17.6 Å². The summed E-state index contributed by atoms with van der Waals surface area (Å²) < 4.78 is 27.1. The molecular formula is C22H26N4O5S. The molecular weight excluding hydrogens is 432 g/mol. The molecule has 2 aromatic heterocycles. The zero-order valence-corrected chi connectivity index (χ0v) is 18.9. The second kappa shape index (κ2) is 8.42. The molecule has 0 fully saturated rings. The molecule has 0 spiro atoms. The van der Waals surface area contributed by atoms with Crippen LogP contribution in [-0.4, -0.2) is 51.8 Å². The highest BCUT2D eigenvalue weighted by atomic mass is 32.2. The van der Waals surface area contributed by atoms with Crippen molar-refractivity contribution in [2.45, 2.75) is 45.3 Å². The van der Waals surface area contributed by atoms with Crippen molar-refractivity contribution in [2.24, 2.45) is 0 Å². The maximum Gasteiger partial charge on any atom is 0.412 e. The molecule has 0 radical (unpaired) electrons. The number of sulfone groups is 1. The van der Waals surface area contributed by atoms with Crippen LogP contribution in [0.15, 0.2) is 41.3 Å². The number of aromatic nitrogens is 3. The third-order valence-electron chi connectivity index (χ3n) is 5.96. The van der Waals surface area contributed by atoms with Crippen molar-refractivity contribution in [3.63, 3.8) is 0 Å². The molecule has 0 saturated carbocycles. The Labute approximate surface area is 185 Å². The Morgan fingerprint density at radius 2 is 2.00 bits per heavy atom. The van der Waals surface area contributed by atoms with Crippen LogP contribution in [-0.2, 0) is 35.8 Å². The third-order valence-corrected chi connectivity index (χ3v) is 6.88. The summed E-state index contributed by atoms with van der Waals surface area (Å²) in [5.74, 6) is 0.639. The zero-order valence-electron chi connectivity index (χ0n) is 18.1. The normalized spacial score (nSPS) is 16.3. The number of benzene rings is 1. The molecule has 4 rings (SSSR count). The van der Waals surface area contributed by atoms with E-state index >= 15 is 0 Å². The quantitative estimate of drug-likeness (QED) is 0.606. The van der Waals surface area contributed by atoms with Crippen molar-refractivity contribution in [3.05, 3.63) is 58.3 Å². The second-order valence-electron chi connectivity index (χ2n) is 8.26. The van der Waals surface area contributed by atoms with E-state index in [9.17, 15) is 23.1 Å². The number of pyridine rings is 1. The number of anilines is 1. The number of aryl methyl sites for hydroxylation is 4. The van der Waals surface area contributed by atoms with E-state index in [0.717, 1.165) is 11.1 Å². The minimum atomic E-state index is -3.19. The van der Waals surface area contributed by atoms with Gasteiger partial charge < -0.3 is 14.2 Å². The lowest BCUT2D eigenvalue weighted by molar-refractivity contribution is 0.198. The molecule has 1 aromatic carbocycles. The number of nitrogens with zero attached hydrogens (tertiary/aromatic N) is 4. The Kier molecular flexibility index (Phi) is 5.81. The van der Waals surface area contributed by atoms with Gasteiger partial charge in [-0.2, -0.15) is 0 Å². The van der Waals surface area contributed by atoms with Gasteiger partial charge in [-0.3, -0.25) is 9.69 Å². The largest absolute Gasteiger partial charge is 0.465 e. The van der Waals surface area contributed by atoms with Crippen molar-refractivity contribution < 1.29 is 18.3 Å². The number of hydrogen-bond acceptors (Lipinski definition) is 5. The number of amides is 1. The molecule has 0 bridgehead atoms. The molecule has 3 aromatic rings. The van der Waals surface area contributed by atoms with Crippen molar-refractivity contribution in [1.29, 1.82) is 0 Å². The molecule has 170 valence electrons. The average molecular weight is 459 g/mol.